The highest BCUT2D eigenvalue weighted by Gasteiger charge is 2.38. The van der Waals surface area contributed by atoms with Gasteiger partial charge in [-0.25, -0.2) is 0 Å². The number of nitrogens with two attached hydrogens (primary N) is 1. The fourth-order valence-electron chi connectivity index (χ4n) is 2.85. The molecule has 2 unspecified atom stereocenters. The normalized spacial score (nSPS) is 33.4. The third-order valence-corrected chi connectivity index (χ3v) is 4.24. The van der Waals surface area contributed by atoms with E-state index in [1.54, 1.807) is 0 Å². The van der Waals surface area contributed by atoms with Crippen molar-refractivity contribution in [1.82, 2.24) is 0 Å². The maximum Gasteiger partial charge on any atom is 0.0688 e. The fourth-order valence-corrected chi connectivity index (χ4v) is 2.85. The van der Waals surface area contributed by atoms with Gasteiger partial charge >= 0.3 is 0 Å². The van der Waals surface area contributed by atoms with Crippen molar-refractivity contribution >= 4 is 0 Å². The zero-order valence-electron chi connectivity index (χ0n) is 10.6. The zero-order chi connectivity index (χ0) is 11.5. The maximum atomic E-state index is 10.7. The summed E-state index contributed by atoms with van der Waals surface area (Å²) in [4.78, 5) is 0. The van der Waals surface area contributed by atoms with Gasteiger partial charge in [-0.2, -0.15) is 0 Å². The van der Waals surface area contributed by atoms with Crippen LogP contribution in [0.2, 0.25) is 0 Å². The SMILES string of the molecule is CCC(CN)C1(O)CCCC(C)(C)CC1. The highest BCUT2D eigenvalue weighted by molar-refractivity contribution is 4.91. The van der Waals surface area contributed by atoms with Crippen molar-refractivity contribution in [3.05, 3.63) is 0 Å². The predicted octanol–water partition coefficient (Wildman–Crippen LogP) is 2.69. The van der Waals surface area contributed by atoms with Crippen LogP contribution in [0.3, 0.4) is 0 Å². The zero-order valence-corrected chi connectivity index (χ0v) is 10.6. The molecule has 1 fully saturated rings. The van der Waals surface area contributed by atoms with Crippen LogP contribution < -0.4 is 5.73 Å². The lowest BCUT2D eigenvalue weighted by Crippen LogP contribution is -2.41. The van der Waals surface area contributed by atoms with E-state index in [4.69, 9.17) is 5.73 Å². The van der Waals surface area contributed by atoms with Crippen LogP contribution >= 0.6 is 0 Å². The van der Waals surface area contributed by atoms with Crippen LogP contribution in [0.4, 0.5) is 0 Å². The predicted molar refractivity (Wildman–Crippen MR) is 64.7 cm³/mol. The van der Waals surface area contributed by atoms with Gasteiger partial charge in [-0.05, 0) is 50.0 Å². The highest BCUT2D eigenvalue weighted by Crippen LogP contribution is 2.41. The summed E-state index contributed by atoms with van der Waals surface area (Å²) in [6.07, 6.45) is 6.35. The van der Waals surface area contributed by atoms with Gasteiger partial charge in [0, 0.05) is 0 Å². The molecule has 0 saturated heterocycles. The van der Waals surface area contributed by atoms with Crippen molar-refractivity contribution in [2.45, 2.75) is 64.9 Å². The van der Waals surface area contributed by atoms with Crippen molar-refractivity contribution in [2.24, 2.45) is 17.1 Å². The van der Waals surface area contributed by atoms with Gasteiger partial charge in [0.15, 0.2) is 0 Å². The van der Waals surface area contributed by atoms with Crippen molar-refractivity contribution in [3.63, 3.8) is 0 Å². The van der Waals surface area contributed by atoms with Gasteiger partial charge in [-0.1, -0.05) is 27.2 Å². The summed E-state index contributed by atoms with van der Waals surface area (Å²) in [5, 5.41) is 10.7. The Bertz CT molecular complexity index is 199. The molecule has 0 bridgehead atoms. The summed E-state index contributed by atoms with van der Waals surface area (Å²) < 4.78 is 0. The van der Waals surface area contributed by atoms with Crippen LogP contribution in [-0.4, -0.2) is 17.3 Å². The molecule has 1 aliphatic carbocycles. The molecule has 1 rings (SSSR count). The molecule has 0 aromatic rings. The third kappa shape index (κ3) is 3.18. The first-order valence-corrected chi connectivity index (χ1v) is 6.36. The van der Waals surface area contributed by atoms with E-state index in [9.17, 15) is 5.11 Å². The molecule has 0 spiro atoms. The van der Waals surface area contributed by atoms with Crippen LogP contribution in [0, 0.1) is 11.3 Å². The molecule has 2 nitrogen and oxygen atoms in total. The van der Waals surface area contributed by atoms with Gasteiger partial charge in [0.05, 0.1) is 5.60 Å². The van der Waals surface area contributed by atoms with Gasteiger partial charge in [-0.15, -0.1) is 0 Å². The molecule has 0 radical (unpaired) electrons. The van der Waals surface area contributed by atoms with Gasteiger partial charge < -0.3 is 10.8 Å². The number of rotatable bonds is 3. The van der Waals surface area contributed by atoms with E-state index in [1.807, 2.05) is 0 Å². The van der Waals surface area contributed by atoms with Crippen LogP contribution in [0.15, 0.2) is 0 Å². The molecule has 0 aromatic heterocycles. The van der Waals surface area contributed by atoms with E-state index < -0.39 is 5.60 Å². The first-order chi connectivity index (χ1) is 6.93. The lowest BCUT2D eigenvalue weighted by molar-refractivity contribution is -0.0321. The van der Waals surface area contributed by atoms with Crippen molar-refractivity contribution in [2.75, 3.05) is 6.54 Å². The van der Waals surface area contributed by atoms with Gasteiger partial charge in [0.25, 0.3) is 0 Å². The van der Waals surface area contributed by atoms with E-state index in [2.05, 4.69) is 20.8 Å². The van der Waals surface area contributed by atoms with Crippen molar-refractivity contribution in [1.29, 1.82) is 0 Å². The molecule has 90 valence electrons. The summed E-state index contributed by atoms with van der Waals surface area (Å²) in [5.41, 5.74) is 5.67. The maximum absolute atomic E-state index is 10.7. The fraction of sp³-hybridized carbons (Fsp3) is 1.00. The van der Waals surface area contributed by atoms with Crippen molar-refractivity contribution < 1.29 is 5.11 Å². The Kier molecular flexibility index (Phi) is 4.19. The summed E-state index contributed by atoms with van der Waals surface area (Å²) in [5.74, 6) is 0.284. The molecule has 1 aliphatic rings. The molecule has 15 heavy (non-hydrogen) atoms. The van der Waals surface area contributed by atoms with E-state index in [-0.39, 0.29) is 5.92 Å². The first kappa shape index (κ1) is 13.0. The van der Waals surface area contributed by atoms with Crippen LogP contribution in [0.1, 0.15) is 59.3 Å². The van der Waals surface area contributed by atoms with Gasteiger partial charge in [0.2, 0.25) is 0 Å². The van der Waals surface area contributed by atoms with Crippen LogP contribution in [-0.2, 0) is 0 Å². The summed E-state index contributed by atoms with van der Waals surface area (Å²) in [7, 11) is 0. The van der Waals surface area contributed by atoms with Crippen LogP contribution in [0.25, 0.3) is 0 Å². The van der Waals surface area contributed by atoms with Crippen molar-refractivity contribution in [3.8, 4) is 0 Å². The topological polar surface area (TPSA) is 46.2 Å². The Morgan fingerprint density at radius 1 is 1.20 bits per heavy atom. The minimum absolute atomic E-state index is 0.284. The molecule has 0 amide bonds. The standard InChI is InChI=1S/C13H27NO/c1-4-11(10-14)13(15)7-5-6-12(2,3)8-9-13/h11,15H,4-10,14H2,1-3H3. The average molecular weight is 213 g/mol. The highest BCUT2D eigenvalue weighted by atomic mass is 16.3. The molecular formula is C13H27NO. The Labute approximate surface area is 94.2 Å². The second-order valence-electron chi connectivity index (χ2n) is 5.96. The Morgan fingerprint density at radius 3 is 2.40 bits per heavy atom. The molecule has 0 aliphatic heterocycles. The van der Waals surface area contributed by atoms with E-state index in [0.29, 0.717) is 12.0 Å². The summed E-state index contributed by atoms with van der Waals surface area (Å²) in [6.45, 7) is 7.36. The Hall–Kier alpha value is -0.0800. The largest absolute Gasteiger partial charge is 0.390 e. The Morgan fingerprint density at radius 2 is 1.87 bits per heavy atom. The molecule has 0 heterocycles. The van der Waals surface area contributed by atoms with Crippen LogP contribution in [0.5, 0.6) is 0 Å². The molecule has 3 N–H and O–H groups in total. The second kappa shape index (κ2) is 4.84. The van der Waals surface area contributed by atoms with E-state index in [1.165, 1.54) is 6.42 Å². The molecule has 2 heteroatoms. The minimum Gasteiger partial charge on any atom is -0.390 e. The van der Waals surface area contributed by atoms with E-state index >= 15 is 0 Å². The molecule has 0 aromatic carbocycles. The lowest BCUT2D eigenvalue weighted by atomic mass is 9.78. The summed E-state index contributed by atoms with van der Waals surface area (Å²) in [6, 6.07) is 0. The minimum atomic E-state index is -0.489. The van der Waals surface area contributed by atoms with Gasteiger partial charge in [-0.3, -0.25) is 0 Å². The smallest absolute Gasteiger partial charge is 0.0688 e. The van der Waals surface area contributed by atoms with Gasteiger partial charge in [0.1, 0.15) is 0 Å². The molecule has 1 saturated carbocycles. The summed E-state index contributed by atoms with van der Waals surface area (Å²) >= 11 is 0. The lowest BCUT2D eigenvalue weighted by Gasteiger charge is -2.35. The third-order valence-electron chi connectivity index (χ3n) is 4.24. The average Bonchev–Trinajstić information content (AvgIpc) is 2.29. The first-order valence-electron chi connectivity index (χ1n) is 6.36. The second-order valence-corrected chi connectivity index (χ2v) is 5.96. The molecule has 2 atom stereocenters. The molecular weight excluding hydrogens is 186 g/mol. The van der Waals surface area contributed by atoms with E-state index in [0.717, 1.165) is 32.1 Å². The number of hydrogen-bond donors (Lipinski definition) is 2. The Balaban J connectivity index is 2.69. The number of hydrogen-bond acceptors (Lipinski definition) is 2. The quantitative estimate of drug-likeness (QED) is 0.708. The number of aliphatic hydroxyl groups is 1. The monoisotopic (exact) mass is 213 g/mol.